The Balaban J connectivity index is 2.42. The number of hydrogen-bond acceptors (Lipinski definition) is 5. The van der Waals surface area contributed by atoms with Crippen LogP contribution in [-0.2, 0) is 9.59 Å². The summed E-state index contributed by atoms with van der Waals surface area (Å²) in [6.07, 6.45) is 1.40. The van der Waals surface area contributed by atoms with Crippen LogP contribution in [0.15, 0.2) is 24.3 Å². The molecule has 0 unspecified atom stereocenters. The van der Waals surface area contributed by atoms with E-state index in [1.54, 1.807) is 24.3 Å². The second-order valence-corrected chi connectivity index (χ2v) is 6.65. The van der Waals surface area contributed by atoms with Crippen molar-refractivity contribution in [2.75, 3.05) is 13.7 Å². The molecule has 0 fully saturated rings. The molecule has 0 radical (unpaired) electrons. The third kappa shape index (κ3) is 7.65. The normalized spacial score (nSPS) is 12.9. The fourth-order valence-electron chi connectivity index (χ4n) is 2.35. The maximum absolute atomic E-state index is 12.2. The van der Waals surface area contributed by atoms with Gasteiger partial charge in [0.05, 0.1) is 13.2 Å². The number of carboxylic acids is 1. The van der Waals surface area contributed by atoms with Crippen molar-refractivity contribution >= 4 is 17.8 Å². The van der Waals surface area contributed by atoms with Gasteiger partial charge in [0.1, 0.15) is 11.8 Å². The van der Waals surface area contributed by atoms with Gasteiger partial charge in [-0.1, -0.05) is 13.8 Å². The summed E-state index contributed by atoms with van der Waals surface area (Å²) in [6.45, 7) is 4.15. The number of aliphatic carboxylic acids is 1. The van der Waals surface area contributed by atoms with Crippen LogP contribution in [0.5, 0.6) is 5.75 Å². The molecule has 150 valence electrons. The number of carboxylic acid groups (broad SMARTS) is 1. The van der Waals surface area contributed by atoms with Crippen molar-refractivity contribution in [3.63, 3.8) is 0 Å². The Morgan fingerprint density at radius 1 is 1.15 bits per heavy atom. The van der Waals surface area contributed by atoms with Crippen LogP contribution in [0.2, 0.25) is 0 Å². The lowest BCUT2D eigenvalue weighted by Crippen LogP contribution is -2.44. The molecule has 0 aromatic heterocycles. The minimum atomic E-state index is -1.09. The highest BCUT2D eigenvalue weighted by molar-refractivity contribution is 5.96. The number of nitrogens with one attached hydrogen (secondary N) is 2. The first-order valence-corrected chi connectivity index (χ1v) is 8.97. The first-order chi connectivity index (χ1) is 12.8. The Morgan fingerprint density at radius 2 is 1.78 bits per heavy atom. The first-order valence-electron chi connectivity index (χ1n) is 8.97. The van der Waals surface area contributed by atoms with Crippen molar-refractivity contribution < 1.29 is 24.2 Å². The van der Waals surface area contributed by atoms with Gasteiger partial charge in [-0.2, -0.15) is 0 Å². The van der Waals surface area contributed by atoms with Crippen LogP contribution in [0.1, 0.15) is 43.5 Å². The van der Waals surface area contributed by atoms with E-state index >= 15 is 0 Å². The monoisotopic (exact) mass is 379 g/mol. The van der Waals surface area contributed by atoms with E-state index in [9.17, 15) is 19.5 Å². The third-order valence-electron chi connectivity index (χ3n) is 4.20. The van der Waals surface area contributed by atoms with Gasteiger partial charge in [0.15, 0.2) is 0 Å². The predicted octanol–water partition coefficient (Wildman–Crippen LogP) is 1.15. The highest BCUT2D eigenvalue weighted by atomic mass is 16.5. The summed E-state index contributed by atoms with van der Waals surface area (Å²) in [5.41, 5.74) is 6.10. The van der Waals surface area contributed by atoms with Gasteiger partial charge >= 0.3 is 5.97 Å². The summed E-state index contributed by atoms with van der Waals surface area (Å²) in [6, 6.07) is 4.86. The quantitative estimate of drug-likeness (QED) is 0.427. The number of hydrogen-bond donors (Lipinski definition) is 4. The van der Waals surface area contributed by atoms with Crippen molar-refractivity contribution in [2.45, 2.75) is 45.2 Å². The average Bonchev–Trinajstić information content (AvgIpc) is 2.65. The minimum absolute atomic E-state index is 0.0505. The fourth-order valence-corrected chi connectivity index (χ4v) is 2.35. The first kappa shape index (κ1) is 22.4. The fraction of sp³-hybridized carbons (Fsp3) is 0.526. The lowest BCUT2D eigenvalue weighted by atomic mass is 10.0. The molecule has 0 aliphatic carbocycles. The van der Waals surface area contributed by atoms with E-state index in [0.717, 1.165) is 0 Å². The number of nitrogens with two attached hydrogens (primary N) is 1. The van der Waals surface area contributed by atoms with Crippen molar-refractivity contribution in [1.29, 1.82) is 0 Å². The third-order valence-corrected chi connectivity index (χ3v) is 4.20. The number of amides is 2. The number of methoxy groups -OCH3 is 1. The summed E-state index contributed by atoms with van der Waals surface area (Å²) in [5, 5.41) is 14.6. The smallest absolute Gasteiger partial charge is 0.326 e. The Labute approximate surface area is 159 Å². The molecule has 5 N–H and O–H groups in total. The molecule has 2 atom stereocenters. The largest absolute Gasteiger partial charge is 0.497 e. The molecule has 0 saturated heterocycles. The molecule has 1 aromatic rings. The van der Waals surface area contributed by atoms with Crippen molar-refractivity contribution in [3.05, 3.63) is 29.8 Å². The Morgan fingerprint density at radius 3 is 2.30 bits per heavy atom. The number of ether oxygens (including phenoxy) is 1. The van der Waals surface area contributed by atoms with Gasteiger partial charge in [-0.25, -0.2) is 4.79 Å². The SMILES string of the molecule is COc1ccc(C(=O)N[C@@H](CCCCNC(=O)[C@@H](N)C(C)C)C(=O)O)cc1. The van der Waals surface area contributed by atoms with E-state index in [4.69, 9.17) is 10.5 Å². The number of rotatable bonds is 11. The Kier molecular flexibility index (Phi) is 9.29. The van der Waals surface area contributed by atoms with Gasteiger partial charge in [-0.3, -0.25) is 9.59 Å². The zero-order valence-electron chi connectivity index (χ0n) is 16.0. The summed E-state index contributed by atoms with van der Waals surface area (Å²) in [7, 11) is 1.52. The average molecular weight is 379 g/mol. The summed E-state index contributed by atoms with van der Waals surface area (Å²) in [4.78, 5) is 35.3. The maximum Gasteiger partial charge on any atom is 0.326 e. The minimum Gasteiger partial charge on any atom is -0.497 e. The lowest BCUT2D eigenvalue weighted by Gasteiger charge is -2.16. The highest BCUT2D eigenvalue weighted by Crippen LogP contribution is 2.12. The molecule has 0 spiro atoms. The topological polar surface area (TPSA) is 131 Å². The lowest BCUT2D eigenvalue weighted by molar-refractivity contribution is -0.139. The zero-order chi connectivity index (χ0) is 20.4. The molecule has 0 aliphatic rings. The zero-order valence-corrected chi connectivity index (χ0v) is 16.0. The van der Waals surface area contributed by atoms with Crippen LogP contribution in [0, 0.1) is 5.92 Å². The molecule has 2 amide bonds. The maximum atomic E-state index is 12.2. The van der Waals surface area contributed by atoms with Gasteiger partial charge in [-0.15, -0.1) is 0 Å². The highest BCUT2D eigenvalue weighted by Gasteiger charge is 2.20. The van der Waals surface area contributed by atoms with Gasteiger partial charge in [0.25, 0.3) is 5.91 Å². The van der Waals surface area contributed by atoms with Crippen LogP contribution in [-0.4, -0.2) is 48.6 Å². The van der Waals surface area contributed by atoms with Gasteiger partial charge < -0.3 is 26.2 Å². The predicted molar refractivity (Wildman–Crippen MR) is 102 cm³/mol. The molecule has 0 heterocycles. The summed E-state index contributed by atoms with van der Waals surface area (Å²) < 4.78 is 5.03. The van der Waals surface area contributed by atoms with E-state index in [2.05, 4.69) is 10.6 Å². The van der Waals surface area contributed by atoms with Crippen molar-refractivity contribution in [2.24, 2.45) is 11.7 Å². The molecular weight excluding hydrogens is 350 g/mol. The van der Waals surface area contributed by atoms with Gasteiger partial charge in [0, 0.05) is 12.1 Å². The van der Waals surface area contributed by atoms with Crippen LogP contribution in [0.25, 0.3) is 0 Å². The molecule has 0 aliphatic heterocycles. The molecular formula is C19H29N3O5. The van der Waals surface area contributed by atoms with Crippen molar-refractivity contribution in [3.8, 4) is 5.75 Å². The molecule has 8 heteroatoms. The van der Waals surface area contributed by atoms with E-state index in [1.807, 2.05) is 13.8 Å². The second-order valence-electron chi connectivity index (χ2n) is 6.65. The number of unbranched alkanes of at least 4 members (excludes halogenated alkanes) is 1. The van der Waals surface area contributed by atoms with Gasteiger partial charge in [0.2, 0.25) is 5.91 Å². The Bertz CT molecular complexity index is 631. The number of carbonyl (C=O) groups is 3. The molecule has 0 saturated carbocycles. The van der Waals surface area contributed by atoms with Crippen LogP contribution in [0.3, 0.4) is 0 Å². The van der Waals surface area contributed by atoms with Gasteiger partial charge in [-0.05, 0) is 49.4 Å². The molecule has 27 heavy (non-hydrogen) atoms. The number of carbonyl (C=O) groups excluding carboxylic acids is 2. The standard InChI is InChI=1S/C19H29N3O5/c1-12(2)16(20)18(24)21-11-5-4-6-15(19(25)26)22-17(23)13-7-9-14(27-3)10-8-13/h7-10,12,15-16H,4-6,11,20H2,1-3H3,(H,21,24)(H,22,23)(H,25,26)/t15-,16-/m0/s1. The van der Waals surface area contributed by atoms with E-state index in [0.29, 0.717) is 30.7 Å². The molecule has 1 rings (SSSR count). The number of benzene rings is 1. The van der Waals surface area contributed by atoms with Crippen LogP contribution in [0.4, 0.5) is 0 Å². The summed E-state index contributed by atoms with van der Waals surface area (Å²) in [5.74, 6) is -1.10. The second kappa shape index (κ2) is 11.2. The van der Waals surface area contributed by atoms with E-state index in [1.165, 1.54) is 7.11 Å². The van der Waals surface area contributed by atoms with E-state index in [-0.39, 0.29) is 18.2 Å². The van der Waals surface area contributed by atoms with Crippen LogP contribution < -0.4 is 21.1 Å². The Hall–Kier alpha value is -2.61. The van der Waals surface area contributed by atoms with Crippen LogP contribution >= 0.6 is 0 Å². The molecule has 1 aromatic carbocycles. The summed E-state index contributed by atoms with van der Waals surface area (Å²) >= 11 is 0. The molecule has 8 nitrogen and oxygen atoms in total. The van der Waals surface area contributed by atoms with E-state index < -0.39 is 24.0 Å². The molecule has 0 bridgehead atoms. The van der Waals surface area contributed by atoms with Crippen molar-refractivity contribution in [1.82, 2.24) is 10.6 Å².